The van der Waals surface area contributed by atoms with Gasteiger partial charge in [-0.3, -0.25) is 0 Å². The highest BCUT2D eigenvalue weighted by Gasteiger charge is 1.90. The third-order valence-electron chi connectivity index (χ3n) is 0.882. The Kier molecular flexibility index (Phi) is 3.42. The van der Waals surface area contributed by atoms with Crippen LogP contribution < -0.4 is 0 Å². The van der Waals surface area contributed by atoms with Crippen molar-refractivity contribution in [2.45, 2.75) is 0 Å². The van der Waals surface area contributed by atoms with Gasteiger partial charge in [-0.05, 0) is 12.1 Å². The highest BCUT2D eigenvalue weighted by molar-refractivity contribution is 5.75. The van der Waals surface area contributed by atoms with Crippen molar-refractivity contribution in [3.05, 3.63) is 24.3 Å². The van der Waals surface area contributed by atoms with Crippen molar-refractivity contribution in [1.82, 2.24) is 0 Å². The van der Waals surface area contributed by atoms with Crippen LogP contribution in [0.1, 0.15) is 0 Å². The van der Waals surface area contributed by atoms with Gasteiger partial charge in [0.05, 0.1) is 0 Å². The molecule has 9 heavy (non-hydrogen) atoms. The van der Waals surface area contributed by atoms with Crippen molar-refractivity contribution < 1.29 is 10.2 Å². The summed E-state index contributed by atoms with van der Waals surface area (Å²) in [4.78, 5) is 0. The van der Waals surface area contributed by atoms with Crippen LogP contribution in [0.3, 0.4) is 0 Å². The molecule has 1 aromatic carbocycles. The molecule has 0 saturated heterocycles. The highest BCUT2D eigenvalue weighted by Crippen LogP contribution is 2.21. The van der Waals surface area contributed by atoms with E-state index in [1.165, 1.54) is 12.1 Å². The SMILES string of the molecule is Oc1ccccc1O.[Mg]. The van der Waals surface area contributed by atoms with Gasteiger partial charge in [0.1, 0.15) is 0 Å². The molecule has 2 nitrogen and oxygen atoms in total. The van der Waals surface area contributed by atoms with Crippen LogP contribution in [0.2, 0.25) is 0 Å². The minimum absolute atomic E-state index is 0. The van der Waals surface area contributed by atoms with Crippen LogP contribution in [0.25, 0.3) is 0 Å². The monoisotopic (exact) mass is 134 g/mol. The first-order valence-electron chi connectivity index (χ1n) is 2.27. The molecule has 0 saturated carbocycles. The van der Waals surface area contributed by atoms with E-state index < -0.39 is 0 Å². The quantitative estimate of drug-likeness (QED) is 0.405. The largest absolute Gasteiger partial charge is 0.504 e. The minimum Gasteiger partial charge on any atom is -0.504 e. The second-order valence-corrected chi connectivity index (χ2v) is 1.49. The Bertz CT molecular complexity index is 167. The van der Waals surface area contributed by atoms with E-state index in [9.17, 15) is 0 Å². The molecule has 0 bridgehead atoms. The van der Waals surface area contributed by atoms with E-state index in [0.29, 0.717) is 0 Å². The third-order valence-corrected chi connectivity index (χ3v) is 0.882. The molecule has 0 unspecified atom stereocenters. The Morgan fingerprint density at radius 2 is 1.22 bits per heavy atom. The molecule has 0 fully saturated rings. The second-order valence-electron chi connectivity index (χ2n) is 1.49. The lowest BCUT2D eigenvalue weighted by Crippen LogP contribution is -1.63. The average molecular weight is 134 g/mol. The second kappa shape index (κ2) is 3.58. The maximum absolute atomic E-state index is 8.67. The number of rotatable bonds is 0. The molecule has 2 N–H and O–H groups in total. The lowest BCUT2D eigenvalue weighted by atomic mass is 10.3. The number of phenolic OH excluding ortho intramolecular Hbond substituents is 2. The van der Waals surface area contributed by atoms with E-state index in [0.717, 1.165) is 0 Å². The van der Waals surface area contributed by atoms with Gasteiger partial charge >= 0.3 is 0 Å². The zero-order chi connectivity index (χ0) is 5.98. The maximum Gasteiger partial charge on any atom is 0.157 e. The van der Waals surface area contributed by atoms with Gasteiger partial charge in [0.2, 0.25) is 0 Å². The topological polar surface area (TPSA) is 40.5 Å². The number of hydrogen-bond donors (Lipinski definition) is 2. The normalized spacial score (nSPS) is 8.00. The first-order chi connectivity index (χ1) is 3.80. The summed E-state index contributed by atoms with van der Waals surface area (Å²) < 4.78 is 0. The van der Waals surface area contributed by atoms with Gasteiger partial charge < -0.3 is 10.2 Å². The van der Waals surface area contributed by atoms with E-state index in [-0.39, 0.29) is 34.6 Å². The lowest BCUT2D eigenvalue weighted by Gasteiger charge is -1.91. The molecule has 0 atom stereocenters. The van der Waals surface area contributed by atoms with Gasteiger partial charge in [-0.25, -0.2) is 0 Å². The van der Waals surface area contributed by atoms with E-state index >= 15 is 0 Å². The Hall–Kier alpha value is -0.414. The van der Waals surface area contributed by atoms with Gasteiger partial charge in [0.15, 0.2) is 11.5 Å². The molecule has 0 amide bonds. The molecule has 0 aromatic heterocycles. The molecule has 44 valence electrons. The van der Waals surface area contributed by atoms with E-state index in [4.69, 9.17) is 10.2 Å². The van der Waals surface area contributed by atoms with Crippen molar-refractivity contribution in [1.29, 1.82) is 0 Å². The summed E-state index contributed by atoms with van der Waals surface area (Å²) in [5, 5.41) is 17.3. The number of para-hydroxylation sites is 2. The summed E-state index contributed by atoms with van der Waals surface area (Å²) in [7, 11) is 0. The van der Waals surface area contributed by atoms with Crippen LogP contribution in [0, 0.1) is 0 Å². The van der Waals surface area contributed by atoms with Crippen molar-refractivity contribution in [3.8, 4) is 11.5 Å². The summed E-state index contributed by atoms with van der Waals surface area (Å²) in [5.41, 5.74) is 0. The van der Waals surface area contributed by atoms with Crippen molar-refractivity contribution >= 4 is 23.1 Å². The zero-order valence-electron chi connectivity index (χ0n) is 4.91. The summed E-state index contributed by atoms with van der Waals surface area (Å²) in [6.07, 6.45) is 0. The number of phenols is 2. The first kappa shape index (κ1) is 8.59. The summed E-state index contributed by atoms with van der Waals surface area (Å²) >= 11 is 0. The molecule has 0 spiro atoms. The molecule has 2 radical (unpaired) electrons. The Morgan fingerprint density at radius 1 is 0.889 bits per heavy atom. The minimum atomic E-state index is -0.0764. The first-order valence-corrected chi connectivity index (χ1v) is 2.27. The van der Waals surface area contributed by atoms with E-state index in [1.807, 2.05) is 0 Å². The molecule has 3 heteroatoms. The third kappa shape index (κ3) is 2.11. The van der Waals surface area contributed by atoms with Gasteiger partial charge in [-0.1, -0.05) is 12.1 Å². The van der Waals surface area contributed by atoms with Crippen molar-refractivity contribution in [2.75, 3.05) is 0 Å². The summed E-state index contributed by atoms with van der Waals surface area (Å²) in [6, 6.07) is 6.15. The standard InChI is InChI=1S/C6H6O2.Mg/c7-5-3-1-2-4-6(5)8;/h1-4,7-8H;. The number of hydrogen-bond acceptors (Lipinski definition) is 2. The summed E-state index contributed by atoms with van der Waals surface area (Å²) in [6.45, 7) is 0. The van der Waals surface area contributed by atoms with Gasteiger partial charge in [0.25, 0.3) is 0 Å². The van der Waals surface area contributed by atoms with Gasteiger partial charge in [-0.2, -0.15) is 0 Å². The fourth-order valence-electron chi connectivity index (χ4n) is 0.464. The van der Waals surface area contributed by atoms with E-state index in [1.54, 1.807) is 12.1 Å². The van der Waals surface area contributed by atoms with Crippen LogP contribution in [0.4, 0.5) is 0 Å². The highest BCUT2D eigenvalue weighted by atomic mass is 24.3. The lowest BCUT2D eigenvalue weighted by molar-refractivity contribution is 0.404. The van der Waals surface area contributed by atoms with Gasteiger partial charge in [-0.15, -0.1) is 0 Å². The molecule has 1 aromatic rings. The van der Waals surface area contributed by atoms with E-state index in [2.05, 4.69) is 0 Å². The van der Waals surface area contributed by atoms with Crippen molar-refractivity contribution in [3.63, 3.8) is 0 Å². The molecular formula is C6H6MgO2. The predicted octanol–water partition coefficient (Wildman–Crippen LogP) is 0.717. The molecule has 1 rings (SSSR count). The van der Waals surface area contributed by atoms with Crippen molar-refractivity contribution in [2.24, 2.45) is 0 Å². The fourth-order valence-corrected chi connectivity index (χ4v) is 0.464. The van der Waals surface area contributed by atoms with Crippen LogP contribution in [-0.2, 0) is 0 Å². The molecule has 0 heterocycles. The average Bonchev–Trinajstić information content (AvgIpc) is 1.77. The summed E-state index contributed by atoms with van der Waals surface area (Å²) in [5.74, 6) is -0.153. The Morgan fingerprint density at radius 3 is 1.44 bits per heavy atom. The van der Waals surface area contributed by atoms with Crippen LogP contribution in [-0.4, -0.2) is 33.3 Å². The smallest absolute Gasteiger partial charge is 0.157 e. The van der Waals surface area contributed by atoms with Crippen LogP contribution >= 0.6 is 0 Å². The fraction of sp³-hybridized carbons (Fsp3) is 0. The predicted molar refractivity (Wildman–Crippen MR) is 35.5 cm³/mol. The molecule has 0 aliphatic rings. The zero-order valence-corrected chi connectivity index (χ0v) is 6.33. The van der Waals surface area contributed by atoms with Crippen LogP contribution in [0.5, 0.6) is 11.5 Å². The number of benzene rings is 1. The molecule has 0 aliphatic carbocycles. The van der Waals surface area contributed by atoms with Crippen LogP contribution in [0.15, 0.2) is 24.3 Å². The molecular weight excluding hydrogens is 128 g/mol. The van der Waals surface area contributed by atoms with Gasteiger partial charge in [0, 0.05) is 23.1 Å². The maximum atomic E-state index is 8.67. The Balaban J connectivity index is 0.000000640. The molecule has 0 aliphatic heterocycles. The Labute approximate surface area is 69.3 Å². The number of aromatic hydroxyl groups is 2.